The van der Waals surface area contributed by atoms with E-state index in [1.165, 1.54) is 0 Å². The van der Waals surface area contributed by atoms with E-state index in [4.69, 9.17) is 4.74 Å². The van der Waals surface area contributed by atoms with Crippen molar-refractivity contribution in [3.63, 3.8) is 0 Å². The predicted molar refractivity (Wildman–Crippen MR) is 130 cm³/mol. The number of nitrogens with zero attached hydrogens (tertiary/aromatic N) is 2. The van der Waals surface area contributed by atoms with Crippen LogP contribution in [0.2, 0.25) is 0 Å². The van der Waals surface area contributed by atoms with E-state index < -0.39 is 0 Å². The Balaban J connectivity index is 1.32. The molecule has 3 heterocycles. The van der Waals surface area contributed by atoms with Gasteiger partial charge in [0.25, 0.3) is 0 Å². The van der Waals surface area contributed by atoms with Crippen molar-refractivity contribution in [2.45, 2.75) is 26.3 Å². The Morgan fingerprint density at radius 3 is 2.67 bits per heavy atom. The van der Waals surface area contributed by atoms with Gasteiger partial charge in [0.05, 0.1) is 19.3 Å². The summed E-state index contributed by atoms with van der Waals surface area (Å²) in [5.41, 5.74) is 7.19. The van der Waals surface area contributed by atoms with Crippen molar-refractivity contribution >= 4 is 22.5 Å². The van der Waals surface area contributed by atoms with Crippen LogP contribution in [0.15, 0.2) is 72.9 Å². The van der Waals surface area contributed by atoms with Crippen molar-refractivity contribution in [3.8, 4) is 17.0 Å². The number of rotatable bonds is 7. The smallest absolute Gasteiger partial charge is 0.220 e. The number of nitrogens with one attached hydrogen (secondary N) is 2. The van der Waals surface area contributed by atoms with Crippen molar-refractivity contribution in [3.05, 3.63) is 89.9 Å². The van der Waals surface area contributed by atoms with Gasteiger partial charge in [0.1, 0.15) is 11.4 Å². The Morgan fingerprint density at radius 1 is 1.06 bits per heavy atom. The molecule has 5 aromatic rings. The molecule has 2 N–H and O–H groups in total. The number of H-pyrrole nitrogens is 1. The number of imidazole rings is 1. The van der Waals surface area contributed by atoms with Gasteiger partial charge >= 0.3 is 0 Å². The van der Waals surface area contributed by atoms with Crippen LogP contribution in [0.1, 0.15) is 23.4 Å². The molecule has 0 spiro atoms. The molecule has 6 heteroatoms. The number of carbonyl (C=O) groups is 1. The molecule has 0 radical (unpaired) electrons. The average molecular weight is 439 g/mol. The fourth-order valence-electron chi connectivity index (χ4n) is 4.26. The first-order valence-corrected chi connectivity index (χ1v) is 11.1. The molecule has 0 unspecified atom stereocenters. The summed E-state index contributed by atoms with van der Waals surface area (Å²) in [6.45, 7) is 2.46. The lowest BCUT2D eigenvalue weighted by atomic mass is 10.0. The molecule has 5 rings (SSSR count). The SMILES string of the molecule is COc1ccc(-c2[nH]c3ccccc3c2CCC(=O)NCc2cn3c(C)cccc3n2)cc1. The highest BCUT2D eigenvalue weighted by Crippen LogP contribution is 2.32. The second-order valence-corrected chi connectivity index (χ2v) is 8.16. The third-order valence-corrected chi connectivity index (χ3v) is 6.01. The third-order valence-electron chi connectivity index (χ3n) is 6.01. The highest BCUT2D eigenvalue weighted by Gasteiger charge is 2.15. The summed E-state index contributed by atoms with van der Waals surface area (Å²) < 4.78 is 7.33. The number of aromatic amines is 1. The van der Waals surface area contributed by atoms with Crippen LogP contribution in [0.4, 0.5) is 0 Å². The van der Waals surface area contributed by atoms with Crippen LogP contribution < -0.4 is 10.1 Å². The number of pyridine rings is 1. The van der Waals surface area contributed by atoms with Gasteiger partial charge in [-0.2, -0.15) is 0 Å². The van der Waals surface area contributed by atoms with E-state index in [1.54, 1.807) is 7.11 Å². The van der Waals surface area contributed by atoms with Gasteiger partial charge in [-0.1, -0.05) is 24.3 Å². The maximum Gasteiger partial charge on any atom is 0.220 e. The average Bonchev–Trinajstić information content (AvgIpc) is 3.43. The van der Waals surface area contributed by atoms with Crippen molar-refractivity contribution in [1.82, 2.24) is 19.7 Å². The number of methoxy groups -OCH3 is 1. The standard InChI is InChI=1S/C27H26N4O2/c1-18-6-5-9-25-29-20(17-31(18)25)16-28-26(32)15-14-23-22-7-3-4-8-24(22)30-27(23)19-10-12-21(33-2)13-11-19/h3-13,17,30H,14-16H2,1-2H3,(H,28,32). The number of fused-ring (bicyclic) bond motifs is 2. The van der Waals surface area contributed by atoms with Crippen molar-refractivity contribution in [1.29, 1.82) is 0 Å². The molecular formula is C27H26N4O2. The van der Waals surface area contributed by atoms with Gasteiger partial charge in [-0.05, 0) is 66.9 Å². The minimum atomic E-state index is 0.00902. The van der Waals surface area contributed by atoms with Crippen LogP contribution in [0.25, 0.3) is 27.8 Å². The number of amides is 1. The van der Waals surface area contributed by atoms with E-state index in [-0.39, 0.29) is 5.91 Å². The number of para-hydroxylation sites is 1. The summed E-state index contributed by atoms with van der Waals surface area (Å²) in [4.78, 5) is 20.8. The highest BCUT2D eigenvalue weighted by atomic mass is 16.5. The summed E-state index contributed by atoms with van der Waals surface area (Å²) in [5, 5.41) is 4.17. The number of hydrogen-bond donors (Lipinski definition) is 2. The lowest BCUT2D eigenvalue weighted by Crippen LogP contribution is -2.23. The molecule has 0 aliphatic carbocycles. The van der Waals surface area contributed by atoms with Gasteiger partial charge in [-0.3, -0.25) is 4.79 Å². The van der Waals surface area contributed by atoms with Gasteiger partial charge in [0.15, 0.2) is 0 Å². The molecule has 0 aliphatic rings. The van der Waals surface area contributed by atoms with Gasteiger partial charge in [-0.25, -0.2) is 4.98 Å². The van der Waals surface area contributed by atoms with Crippen molar-refractivity contribution in [2.24, 2.45) is 0 Å². The lowest BCUT2D eigenvalue weighted by molar-refractivity contribution is -0.121. The number of aryl methyl sites for hydroxylation is 2. The molecule has 2 aromatic carbocycles. The Bertz CT molecular complexity index is 1430. The van der Waals surface area contributed by atoms with Crippen LogP contribution >= 0.6 is 0 Å². The number of ether oxygens (including phenoxy) is 1. The lowest BCUT2D eigenvalue weighted by Gasteiger charge is -2.07. The molecule has 0 saturated carbocycles. The number of carbonyl (C=O) groups excluding carboxylic acids is 1. The second kappa shape index (κ2) is 8.82. The van der Waals surface area contributed by atoms with Gasteiger partial charge < -0.3 is 19.4 Å². The molecule has 33 heavy (non-hydrogen) atoms. The zero-order chi connectivity index (χ0) is 22.8. The number of hydrogen-bond acceptors (Lipinski definition) is 3. The molecule has 0 saturated heterocycles. The molecule has 1 amide bonds. The maximum absolute atomic E-state index is 12.7. The first kappa shape index (κ1) is 20.8. The first-order chi connectivity index (χ1) is 16.1. The second-order valence-electron chi connectivity index (χ2n) is 8.16. The molecule has 0 atom stereocenters. The molecule has 0 fully saturated rings. The minimum Gasteiger partial charge on any atom is -0.497 e. The van der Waals surface area contributed by atoms with Crippen LogP contribution in [-0.4, -0.2) is 27.4 Å². The topological polar surface area (TPSA) is 71.4 Å². The summed E-state index contributed by atoms with van der Waals surface area (Å²) in [5.74, 6) is 0.827. The first-order valence-electron chi connectivity index (χ1n) is 11.1. The Hall–Kier alpha value is -4.06. The fraction of sp³-hybridized carbons (Fsp3) is 0.185. The van der Waals surface area contributed by atoms with Crippen LogP contribution in [0.5, 0.6) is 5.75 Å². The largest absolute Gasteiger partial charge is 0.497 e. The molecule has 0 aliphatic heterocycles. The Labute approximate surface area is 192 Å². The summed E-state index contributed by atoms with van der Waals surface area (Å²) in [6.07, 6.45) is 3.02. The summed E-state index contributed by atoms with van der Waals surface area (Å²) in [7, 11) is 1.66. The molecule has 166 valence electrons. The van der Waals surface area contributed by atoms with E-state index in [0.29, 0.717) is 19.4 Å². The van der Waals surface area contributed by atoms with E-state index in [9.17, 15) is 4.79 Å². The van der Waals surface area contributed by atoms with E-state index in [2.05, 4.69) is 27.4 Å². The minimum absolute atomic E-state index is 0.00902. The number of aromatic nitrogens is 3. The number of benzene rings is 2. The monoisotopic (exact) mass is 438 g/mol. The molecule has 6 nitrogen and oxygen atoms in total. The van der Waals surface area contributed by atoms with Crippen LogP contribution in [0.3, 0.4) is 0 Å². The Kier molecular flexibility index (Phi) is 5.57. The molecule has 3 aromatic heterocycles. The maximum atomic E-state index is 12.7. The summed E-state index contributed by atoms with van der Waals surface area (Å²) >= 11 is 0. The zero-order valence-corrected chi connectivity index (χ0v) is 18.8. The van der Waals surface area contributed by atoms with Gasteiger partial charge in [-0.15, -0.1) is 0 Å². The highest BCUT2D eigenvalue weighted by molar-refractivity contribution is 5.91. The van der Waals surface area contributed by atoms with Gasteiger partial charge in [0.2, 0.25) is 5.91 Å². The normalized spacial score (nSPS) is 11.2. The third kappa shape index (κ3) is 4.20. The van der Waals surface area contributed by atoms with Gasteiger partial charge in [0, 0.05) is 34.9 Å². The van der Waals surface area contributed by atoms with Crippen LogP contribution in [-0.2, 0) is 17.8 Å². The zero-order valence-electron chi connectivity index (χ0n) is 18.8. The van der Waals surface area contributed by atoms with E-state index >= 15 is 0 Å². The Morgan fingerprint density at radius 2 is 1.88 bits per heavy atom. The molecular weight excluding hydrogens is 412 g/mol. The van der Waals surface area contributed by atoms with Crippen LogP contribution in [0, 0.1) is 6.92 Å². The summed E-state index contributed by atoms with van der Waals surface area (Å²) in [6, 6.07) is 22.2. The molecule has 0 bridgehead atoms. The van der Waals surface area contributed by atoms with E-state index in [1.807, 2.05) is 72.1 Å². The van der Waals surface area contributed by atoms with E-state index in [0.717, 1.165) is 50.5 Å². The quantitative estimate of drug-likeness (QED) is 0.374. The predicted octanol–water partition coefficient (Wildman–Crippen LogP) is 5.05. The fourth-order valence-corrected chi connectivity index (χ4v) is 4.26. The van der Waals surface area contributed by atoms with Crippen molar-refractivity contribution < 1.29 is 9.53 Å². The van der Waals surface area contributed by atoms with Crippen molar-refractivity contribution in [2.75, 3.05) is 7.11 Å².